The highest BCUT2D eigenvalue weighted by atomic mass is 32.1. The lowest BCUT2D eigenvalue weighted by Gasteiger charge is -2.27. The quantitative estimate of drug-likeness (QED) is 0.551. The summed E-state index contributed by atoms with van der Waals surface area (Å²) in [5.41, 5.74) is 3.93. The summed E-state index contributed by atoms with van der Waals surface area (Å²) in [5, 5.41) is 10.0. The second kappa shape index (κ2) is 9.05. The summed E-state index contributed by atoms with van der Waals surface area (Å²) in [7, 11) is 0. The number of hydrogen-bond donors (Lipinski definition) is 2. The van der Waals surface area contributed by atoms with E-state index in [4.69, 9.17) is 12.2 Å². The molecule has 0 aliphatic rings. The van der Waals surface area contributed by atoms with Crippen LogP contribution in [-0.2, 0) is 11.3 Å². The number of carbonyl (C=O) groups excluding carboxylic acids is 1. The van der Waals surface area contributed by atoms with Crippen LogP contribution in [0.25, 0.3) is 11.4 Å². The summed E-state index contributed by atoms with van der Waals surface area (Å²) in [4.78, 5) is 14.9. The molecule has 1 heterocycles. The standard InChI is InChI=1S/C22H27N5OS/c1-5-26(15(2)3)19-11-9-18(10-12-19)23-20(28)14-27-21(24-25-22(27)29)17-8-6-7-16(4)13-17/h6-13,15H,5,14H2,1-4H3,(H,23,28)(H,25,29). The van der Waals surface area contributed by atoms with Crippen LogP contribution in [0.4, 0.5) is 11.4 Å². The smallest absolute Gasteiger partial charge is 0.244 e. The van der Waals surface area contributed by atoms with E-state index in [1.165, 1.54) is 0 Å². The summed E-state index contributed by atoms with van der Waals surface area (Å²) >= 11 is 5.33. The third kappa shape index (κ3) is 4.92. The van der Waals surface area contributed by atoms with Gasteiger partial charge >= 0.3 is 0 Å². The predicted octanol–water partition coefficient (Wildman–Crippen LogP) is 4.79. The van der Waals surface area contributed by atoms with Crippen LogP contribution in [0.15, 0.2) is 48.5 Å². The summed E-state index contributed by atoms with van der Waals surface area (Å²) < 4.78 is 2.13. The van der Waals surface area contributed by atoms with E-state index in [1.807, 2.05) is 55.5 Å². The average Bonchev–Trinajstić information content (AvgIpc) is 3.04. The van der Waals surface area contributed by atoms with Crippen molar-refractivity contribution in [2.45, 2.75) is 40.3 Å². The molecule has 0 spiro atoms. The minimum atomic E-state index is -0.152. The van der Waals surface area contributed by atoms with Gasteiger partial charge in [0.05, 0.1) is 0 Å². The number of aromatic nitrogens is 3. The van der Waals surface area contributed by atoms with Crippen molar-refractivity contribution in [3.8, 4) is 11.4 Å². The molecule has 0 saturated heterocycles. The van der Waals surface area contributed by atoms with Gasteiger partial charge in [0, 0.05) is 29.5 Å². The van der Waals surface area contributed by atoms with E-state index < -0.39 is 0 Å². The van der Waals surface area contributed by atoms with Gasteiger partial charge in [0.25, 0.3) is 0 Å². The number of aromatic amines is 1. The summed E-state index contributed by atoms with van der Waals surface area (Å²) in [5.74, 6) is 0.500. The molecule has 6 nitrogen and oxygen atoms in total. The first-order valence-electron chi connectivity index (χ1n) is 9.78. The van der Waals surface area contributed by atoms with E-state index in [-0.39, 0.29) is 12.5 Å². The Bertz CT molecular complexity index is 1040. The maximum atomic E-state index is 12.6. The lowest BCUT2D eigenvalue weighted by Crippen LogP contribution is -2.30. The van der Waals surface area contributed by atoms with Gasteiger partial charge in [-0.1, -0.05) is 23.8 Å². The molecule has 1 amide bonds. The molecule has 2 N–H and O–H groups in total. The number of anilines is 2. The van der Waals surface area contributed by atoms with Crippen molar-refractivity contribution in [2.75, 3.05) is 16.8 Å². The average molecular weight is 410 g/mol. The Hall–Kier alpha value is -2.93. The van der Waals surface area contributed by atoms with Crippen LogP contribution < -0.4 is 10.2 Å². The second-order valence-electron chi connectivity index (χ2n) is 7.28. The number of nitrogens with one attached hydrogen (secondary N) is 2. The maximum Gasteiger partial charge on any atom is 0.244 e. The van der Waals surface area contributed by atoms with Gasteiger partial charge in [0.1, 0.15) is 6.54 Å². The van der Waals surface area contributed by atoms with Crippen LogP contribution in [0.5, 0.6) is 0 Å². The van der Waals surface area contributed by atoms with Crippen molar-refractivity contribution in [1.29, 1.82) is 0 Å². The normalized spacial score (nSPS) is 10.9. The minimum Gasteiger partial charge on any atom is -0.369 e. The molecule has 7 heteroatoms. The predicted molar refractivity (Wildman–Crippen MR) is 121 cm³/mol. The highest BCUT2D eigenvalue weighted by molar-refractivity contribution is 7.71. The van der Waals surface area contributed by atoms with Crippen molar-refractivity contribution in [1.82, 2.24) is 14.8 Å². The first-order valence-corrected chi connectivity index (χ1v) is 10.2. The Kier molecular flexibility index (Phi) is 6.49. The molecule has 0 fully saturated rings. The molecule has 0 radical (unpaired) electrons. The first-order chi connectivity index (χ1) is 13.9. The number of amides is 1. The van der Waals surface area contributed by atoms with Gasteiger partial charge < -0.3 is 10.2 Å². The second-order valence-corrected chi connectivity index (χ2v) is 7.67. The zero-order valence-electron chi connectivity index (χ0n) is 17.3. The fourth-order valence-corrected chi connectivity index (χ4v) is 3.59. The van der Waals surface area contributed by atoms with Crippen LogP contribution in [0.1, 0.15) is 26.3 Å². The molecule has 3 aromatic rings. The number of carbonyl (C=O) groups is 1. The molecule has 2 aromatic carbocycles. The fourth-order valence-electron chi connectivity index (χ4n) is 3.40. The van der Waals surface area contributed by atoms with Gasteiger partial charge in [-0.25, -0.2) is 0 Å². The number of aryl methyl sites for hydroxylation is 1. The lowest BCUT2D eigenvalue weighted by atomic mass is 10.1. The van der Waals surface area contributed by atoms with Gasteiger partial charge in [0.15, 0.2) is 10.6 Å². The number of rotatable bonds is 7. The Morgan fingerprint density at radius 3 is 2.59 bits per heavy atom. The third-order valence-electron chi connectivity index (χ3n) is 4.78. The molecule has 0 aliphatic heterocycles. The highest BCUT2D eigenvalue weighted by Gasteiger charge is 2.13. The molecule has 1 aromatic heterocycles. The van der Waals surface area contributed by atoms with E-state index in [9.17, 15) is 4.79 Å². The molecule has 29 heavy (non-hydrogen) atoms. The summed E-state index contributed by atoms with van der Waals surface area (Å²) in [6.07, 6.45) is 0. The van der Waals surface area contributed by atoms with Crippen molar-refractivity contribution in [2.24, 2.45) is 0 Å². The Morgan fingerprint density at radius 2 is 1.97 bits per heavy atom. The molecule has 152 valence electrons. The minimum absolute atomic E-state index is 0.0907. The van der Waals surface area contributed by atoms with E-state index in [0.29, 0.717) is 16.6 Å². The van der Waals surface area contributed by atoms with E-state index in [0.717, 1.165) is 29.0 Å². The monoisotopic (exact) mass is 409 g/mol. The van der Waals surface area contributed by atoms with Crippen molar-refractivity contribution < 1.29 is 4.79 Å². The van der Waals surface area contributed by atoms with Crippen LogP contribution in [0, 0.1) is 11.7 Å². The SMILES string of the molecule is CCN(c1ccc(NC(=O)Cn2c(-c3cccc(C)c3)n[nH]c2=S)cc1)C(C)C. The number of H-pyrrole nitrogens is 1. The number of benzene rings is 2. The van der Waals surface area contributed by atoms with Gasteiger partial charge in [-0.3, -0.25) is 14.5 Å². The molecule has 0 unspecified atom stereocenters. The van der Waals surface area contributed by atoms with E-state index in [2.05, 4.69) is 41.2 Å². The van der Waals surface area contributed by atoms with Crippen molar-refractivity contribution in [3.63, 3.8) is 0 Å². The van der Waals surface area contributed by atoms with Crippen LogP contribution in [0.2, 0.25) is 0 Å². The molecular weight excluding hydrogens is 382 g/mol. The Labute approximate surface area is 176 Å². The van der Waals surface area contributed by atoms with Gasteiger partial charge in [-0.15, -0.1) is 0 Å². The molecule has 0 saturated carbocycles. The van der Waals surface area contributed by atoms with Gasteiger partial charge in [0.2, 0.25) is 5.91 Å². The van der Waals surface area contributed by atoms with Gasteiger partial charge in [-0.05, 0) is 70.2 Å². The van der Waals surface area contributed by atoms with Crippen LogP contribution in [0.3, 0.4) is 0 Å². The zero-order chi connectivity index (χ0) is 21.0. The van der Waals surface area contributed by atoms with Crippen molar-refractivity contribution in [3.05, 3.63) is 58.9 Å². The Balaban J connectivity index is 1.74. The first kappa shape index (κ1) is 20.8. The van der Waals surface area contributed by atoms with E-state index >= 15 is 0 Å². The van der Waals surface area contributed by atoms with E-state index in [1.54, 1.807) is 4.57 Å². The third-order valence-corrected chi connectivity index (χ3v) is 5.09. The topological polar surface area (TPSA) is 66.0 Å². The molecule has 0 aliphatic carbocycles. The molecule has 3 rings (SSSR count). The molecular formula is C22H27N5OS. The van der Waals surface area contributed by atoms with Crippen molar-refractivity contribution >= 4 is 29.5 Å². The molecule has 0 bridgehead atoms. The zero-order valence-corrected chi connectivity index (χ0v) is 18.1. The summed E-state index contributed by atoms with van der Waals surface area (Å²) in [6, 6.07) is 16.3. The van der Waals surface area contributed by atoms with Crippen LogP contribution >= 0.6 is 12.2 Å². The largest absolute Gasteiger partial charge is 0.369 e. The maximum absolute atomic E-state index is 12.6. The lowest BCUT2D eigenvalue weighted by molar-refractivity contribution is -0.116. The number of nitrogens with zero attached hydrogens (tertiary/aromatic N) is 3. The van der Waals surface area contributed by atoms with Gasteiger partial charge in [-0.2, -0.15) is 5.10 Å². The van der Waals surface area contributed by atoms with Crippen LogP contribution in [-0.4, -0.2) is 33.3 Å². The highest BCUT2D eigenvalue weighted by Crippen LogP contribution is 2.21. The Morgan fingerprint density at radius 1 is 1.24 bits per heavy atom. The summed E-state index contributed by atoms with van der Waals surface area (Å²) in [6.45, 7) is 9.51. The fraction of sp³-hybridized carbons (Fsp3) is 0.318. The molecule has 0 atom stereocenters. The number of hydrogen-bond acceptors (Lipinski definition) is 4.